The second kappa shape index (κ2) is 3.74. The molecule has 2 aromatic heterocycles. The van der Waals surface area contributed by atoms with Gasteiger partial charge in [-0.3, -0.25) is 5.10 Å². The van der Waals surface area contributed by atoms with Crippen LogP contribution >= 0.6 is 11.6 Å². The first-order valence-corrected chi connectivity index (χ1v) is 4.50. The topological polar surface area (TPSA) is 89.7 Å². The molecule has 0 aliphatic rings. The zero-order chi connectivity index (χ0) is 10.8. The lowest BCUT2D eigenvalue weighted by Gasteiger charge is -2.03. The maximum Gasteiger partial charge on any atom is 0.249 e. The van der Waals surface area contributed by atoms with Crippen LogP contribution in [0, 0.1) is 6.92 Å². The van der Waals surface area contributed by atoms with Crippen LogP contribution in [0.25, 0.3) is 0 Å². The summed E-state index contributed by atoms with van der Waals surface area (Å²) in [7, 11) is 0. The van der Waals surface area contributed by atoms with Crippen LogP contribution in [0.1, 0.15) is 5.69 Å². The number of halogens is 1. The lowest BCUT2D eigenvalue weighted by molar-refractivity contribution is 0.445. The predicted octanol–water partition coefficient (Wildman–Crippen LogP) is 1.54. The lowest BCUT2D eigenvalue weighted by Crippen LogP contribution is -1.97. The van der Waals surface area contributed by atoms with Crippen molar-refractivity contribution < 1.29 is 4.74 Å². The summed E-state index contributed by atoms with van der Waals surface area (Å²) in [5, 5.41) is 6.77. The number of anilines is 1. The average Bonchev–Trinajstić information content (AvgIpc) is 2.59. The van der Waals surface area contributed by atoms with Gasteiger partial charge < -0.3 is 10.5 Å². The summed E-state index contributed by atoms with van der Waals surface area (Å²) in [6.45, 7) is 1.86. The molecule has 2 rings (SSSR count). The fourth-order valence-corrected chi connectivity index (χ4v) is 1.11. The highest BCUT2D eigenvalue weighted by Crippen LogP contribution is 2.27. The number of nitrogens with two attached hydrogens (primary N) is 1. The van der Waals surface area contributed by atoms with E-state index in [1.54, 1.807) is 6.07 Å². The first-order valence-electron chi connectivity index (χ1n) is 4.12. The molecule has 0 aromatic carbocycles. The Morgan fingerprint density at radius 2 is 2.27 bits per heavy atom. The van der Waals surface area contributed by atoms with Crippen molar-refractivity contribution in [2.75, 3.05) is 5.73 Å². The van der Waals surface area contributed by atoms with Crippen LogP contribution in [0.3, 0.4) is 0 Å². The van der Waals surface area contributed by atoms with Crippen molar-refractivity contribution in [2.45, 2.75) is 6.92 Å². The van der Waals surface area contributed by atoms with Crippen LogP contribution in [-0.4, -0.2) is 20.2 Å². The van der Waals surface area contributed by atoms with Gasteiger partial charge in [-0.25, -0.2) is 4.98 Å². The van der Waals surface area contributed by atoms with Gasteiger partial charge in [0.1, 0.15) is 12.0 Å². The van der Waals surface area contributed by atoms with E-state index in [0.29, 0.717) is 5.88 Å². The molecule has 0 radical (unpaired) electrons. The highest BCUT2D eigenvalue weighted by atomic mass is 35.5. The van der Waals surface area contributed by atoms with Crippen LogP contribution in [0.4, 0.5) is 5.69 Å². The number of ether oxygens (including phenoxy) is 1. The number of hydrogen-bond acceptors (Lipinski definition) is 5. The zero-order valence-electron chi connectivity index (χ0n) is 7.86. The number of hydrogen-bond donors (Lipinski definition) is 2. The Balaban J connectivity index is 2.28. The summed E-state index contributed by atoms with van der Waals surface area (Å²) >= 11 is 5.70. The van der Waals surface area contributed by atoms with Gasteiger partial charge in [0.05, 0.1) is 0 Å². The van der Waals surface area contributed by atoms with E-state index in [9.17, 15) is 0 Å². The van der Waals surface area contributed by atoms with Crippen molar-refractivity contribution >= 4 is 17.3 Å². The molecular formula is C8H8ClN5O. The second-order valence-corrected chi connectivity index (χ2v) is 3.23. The minimum atomic E-state index is 0.159. The quantitative estimate of drug-likeness (QED) is 0.757. The van der Waals surface area contributed by atoms with Crippen molar-refractivity contribution in [1.82, 2.24) is 20.2 Å². The number of rotatable bonds is 2. The Kier molecular flexibility index (Phi) is 2.42. The van der Waals surface area contributed by atoms with E-state index in [-0.39, 0.29) is 16.7 Å². The summed E-state index contributed by atoms with van der Waals surface area (Å²) in [5.41, 5.74) is 6.69. The number of aromatic amines is 1. The summed E-state index contributed by atoms with van der Waals surface area (Å²) in [6.07, 6.45) is 1.27. The van der Waals surface area contributed by atoms with Gasteiger partial charge in [0.15, 0.2) is 5.15 Å². The third-order valence-electron chi connectivity index (χ3n) is 1.68. The van der Waals surface area contributed by atoms with E-state index in [1.165, 1.54) is 6.33 Å². The van der Waals surface area contributed by atoms with Gasteiger partial charge in [0, 0.05) is 11.8 Å². The molecule has 15 heavy (non-hydrogen) atoms. The van der Waals surface area contributed by atoms with Crippen LogP contribution < -0.4 is 10.5 Å². The molecule has 0 atom stereocenters. The SMILES string of the molecule is Cc1cc(Oc2ncnc(Cl)c2N)n[nH]1. The van der Waals surface area contributed by atoms with Crippen molar-refractivity contribution in [3.63, 3.8) is 0 Å². The Hall–Kier alpha value is -1.82. The Morgan fingerprint density at radius 3 is 2.93 bits per heavy atom. The van der Waals surface area contributed by atoms with E-state index >= 15 is 0 Å². The summed E-state index contributed by atoms with van der Waals surface area (Å²) < 4.78 is 5.31. The molecule has 0 saturated carbocycles. The van der Waals surface area contributed by atoms with Gasteiger partial charge in [0.2, 0.25) is 11.8 Å². The molecule has 0 aliphatic heterocycles. The monoisotopic (exact) mass is 225 g/mol. The van der Waals surface area contributed by atoms with Gasteiger partial charge in [-0.15, -0.1) is 5.10 Å². The fraction of sp³-hybridized carbons (Fsp3) is 0.125. The molecule has 6 nitrogen and oxygen atoms in total. The maximum absolute atomic E-state index is 5.70. The molecule has 0 amide bonds. The molecule has 2 aromatic rings. The minimum Gasteiger partial charge on any atom is -0.417 e. The Morgan fingerprint density at radius 1 is 1.47 bits per heavy atom. The van der Waals surface area contributed by atoms with Gasteiger partial charge in [-0.05, 0) is 6.92 Å². The highest BCUT2D eigenvalue weighted by molar-refractivity contribution is 6.32. The fourth-order valence-electron chi connectivity index (χ4n) is 0.985. The molecule has 0 unspecified atom stereocenters. The lowest BCUT2D eigenvalue weighted by atomic mass is 10.5. The molecule has 0 bridgehead atoms. The van der Waals surface area contributed by atoms with E-state index < -0.39 is 0 Å². The van der Waals surface area contributed by atoms with Gasteiger partial charge >= 0.3 is 0 Å². The number of nitrogens with one attached hydrogen (secondary N) is 1. The smallest absolute Gasteiger partial charge is 0.249 e. The number of aromatic nitrogens is 4. The van der Waals surface area contributed by atoms with Crippen molar-refractivity contribution in [3.05, 3.63) is 23.2 Å². The summed E-state index contributed by atoms with van der Waals surface area (Å²) in [5.74, 6) is 0.579. The normalized spacial score (nSPS) is 10.3. The van der Waals surface area contributed by atoms with E-state index in [0.717, 1.165) is 5.69 Å². The maximum atomic E-state index is 5.70. The first kappa shape index (κ1) is 9.72. The summed E-state index contributed by atoms with van der Waals surface area (Å²) in [6, 6.07) is 1.72. The molecule has 2 heterocycles. The molecule has 78 valence electrons. The molecule has 0 saturated heterocycles. The van der Waals surface area contributed by atoms with Crippen LogP contribution in [0.2, 0.25) is 5.15 Å². The van der Waals surface area contributed by atoms with Crippen LogP contribution in [0.15, 0.2) is 12.4 Å². The third kappa shape index (κ3) is 1.99. The Bertz CT molecular complexity index is 484. The number of aryl methyl sites for hydroxylation is 1. The molecule has 0 fully saturated rings. The molecular weight excluding hydrogens is 218 g/mol. The van der Waals surface area contributed by atoms with Crippen LogP contribution in [0.5, 0.6) is 11.8 Å². The second-order valence-electron chi connectivity index (χ2n) is 2.87. The van der Waals surface area contributed by atoms with Crippen molar-refractivity contribution in [1.29, 1.82) is 0 Å². The highest BCUT2D eigenvalue weighted by Gasteiger charge is 2.09. The van der Waals surface area contributed by atoms with Gasteiger partial charge in [-0.1, -0.05) is 11.6 Å². The molecule has 0 spiro atoms. The van der Waals surface area contributed by atoms with Gasteiger partial charge in [-0.2, -0.15) is 4.98 Å². The number of H-pyrrole nitrogens is 1. The van der Waals surface area contributed by atoms with E-state index in [4.69, 9.17) is 22.1 Å². The number of nitrogen functional groups attached to an aromatic ring is 1. The average molecular weight is 226 g/mol. The van der Waals surface area contributed by atoms with Crippen molar-refractivity contribution in [2.24, 2.45) is 0 Å². The minimum absolute atomic E-state index is 0.159. The largest absolute Gasteiger partial charge is 0.417 e. The van der Waals surface area contributed by atoms with Crippen molar-refractivity contribution in [3.8, 4) is 11.8 Å². The molecule has 0 aliphatic carbocycles. The number of nitrogens with zero attached hydrogens (tertiary/aromatic N) is 3. The standard InChI is InChI=1S/C8H8ClN5O/c1-4-2-5(14-13-4)15-8-6(10)7(9)11-3-12-8/h2-3H,10H2,1H3,(H,13,14). The van der Waals surface area contributed by atoms with Crippen LogP contribution in [-0.2, 0) is 0 Å². The molecule has 3 N–H and O–H groups in total. The summed E-state index contributed by atoms with van der Waals surface area (Å²) in [4.78, 5) is 7.55. The zero-order valence-corrected chi connectivity index (χ0v) is 8.62. The van der Waals surface area contributed by atoms with E-state index in [1.807, 2.05) is 6.92 Å². The van der Waals surface area contributed by atoms with E-state index in [2.05, 4.69) is 20.2 Å². The van der Waals surface area contributed by atoms with Gasteiger partial charge in [0.25, 0.3) is 0 Å². The first-order chi connectivity index (χ1) is 7.16. The molecule has 7 heteroatoms. The predicted molar refractivity (Wildman–Crippen MR) is 54.9 cm³/mol. The Labute approximate surface area is 90.4 Å². The third-order valence-corrected chi connectivity index (χ3v) is 1.98.